The van der Waals surface area contributed by atoms with Crippen LogP contribution in [-0.2, 0) is 0 Å². The smallest absolute Gasteiger partial charge is 0.337 e. The lowest BCUT2D eigenvalue weighted by Gasteiger charge is -2.18. The van der Waals surface area contributed by atoms with Crippen molar-refractivity contribution in [1.82, 2.24) is 0 Å². The van der Waals surface area contributed by atoms with Crippen molar-refractivity contribution in [1.29, 1.82) is 0 Å². The van der Waals surface area contributed by atoms with Crippen molar-refractivity contribution in [2.45, 2.75) is 12.8 Å². The van der Waals surface area contributed by atoms with Crippen LogP contribution in [0.1, 0.15) is 23.2 Å². The number of carboxylic acid groups (broad SMARTS) is 1. The minimum absolute atomic E-state index is 0.179. The van der Waals surface area contributed by atoms with Crippen molar-refractivity contribution in [2.75, 3.05) is 23.7 Å². The Hall–Kier alpha value is -1.71. The van der Waals surface area contributed by atoms with Crippen molar-refractivity contribution in [3.63, 3.8) is 0 Å². The lowest BCUT2D eigenvalue weighted by Crippen LogP contribution is -2.18. The zero-order valence-corrected chi connectivity index (χ0v) is 8.44. The minimum Gasteiger partial charge on any atom is -0.478 e. The van der Waals surface area contributed by atoms with Crippen molar-refractivity contribution in [3.8, 4) is 0 Å². The van der Waals surface area contributed by atoms with E-state index < -0.39 is 5.97 Å². The lowest BCUT2D eigenvalue weighted by molar-refractivity contribution is 0.0698. The van der Waals surface area contributed by atoms with Crippen LogP contribution >= 0.6 is 0 Å². The van der Waals surface area contributed by atoms with E-state index in [0.29, 0.717) is 5.69 Å². The van der Waals surface area contributed by atoms with Crippen molar-refractivity contribution in [3.05, 3.63) is 23.8 Å². The Bertz CT molecular complexity index is 384. The number of benzene rings is 1. The zero-order chi connectivity index (χ0) is 10.8. The summed E-state index contributed by atoms with van der Waals surface area (Å²) in [6, 6.07) is 5.14. The molecule has 80 valence electrons. The van der Waals surface area contributed by atoms with Gasteiger partial charge in [-0.1, -0.05) is 0 Å². The molecule has 0 atom stereocenters. The fourth-order valence-corrected chi connectivity index (χ4v) is 1.92. The van der Waals surface area contributed by atoms with E-state index in [-0.39, 0.29) is 5.56 Å². The maximum atomic E-state index is 10.8. The van der Waals surface area contributed by atoms with Crippen molar-refractivity contribution < 1.29 is 9.90 Å². The fraction of sp³-hybridized carbons (Fsp3) is 0.364. The van der Waals surface area contributed by atoms with Gasteiger partial charge in [-0.15, -0.1) is 0 Å². The van der Waals surface area contributed by atoms with E-state index >= 15 is 0 Å². The van der Waals surface area contributed by atoms with Gasteiger partial charge in [-0.25, -0.2) is 4.79 Å². The molecule has 0 bridgehead atoms. The van der Waals surface area contributed by atoms with Crippen LogP contribution in [0, 0.1) is 0 Å². The molecular weight excluding hydrogens is 192 g/mol. The van der Waals surface area contributed by atoms with Crippen LogP contribution < -0.4 is 10.6 Å². The first-order chi connectivity index (χ1) is 7.18. The molecule has 1 aromatic rings. The zero-order valence-electron chi connectivity index (χ0n) is 8.44. The van der Waals surface area contributed by atoms with Crippen LogP contribution in [0.5, 0.6) is 0 Å². The molecule has 2 rings (SSSR count). The van der Waals surface area contributed by atoms with Gasteiger partial charge in [0.25, 0.3) is 0 Å². The summed E-state index contributed by atoms with van der Waals surface area (Å²) in [6.45, 7) is 2.07. The van der Waals surface area contributed by atoms with E-state index in [1.165, 1.54) is 12.8 Å². The molecule has 0 spiro atoms. The number of carbonyl (C=O) groups is 1. The number of nitrogens with two attached hydrogens (primary N) is 1. The maximum Gasteiger partial charge on any atom is 0.337 e. The number of anilines is 2. The van der Waals surface area contributed by atoms with Crippen LogP contribution in [0.3, 0.4) is 0 Å². The molecule has 1 aliphatic heterocycles. The Kier molecular flexibility index (Phi) is 2.49. The average molecular weight is 206 g/mol. The Balaban J connectivity index is 2.28. The molecule has 4 nitrogen and oxygen atoms in total. The van der Waals surface area contributed by atoms with Crippen LogP contribution in [0.15, 0.2) is 18.2 Å². The molecule has 0 unspecified atom stereocenters. The molecule has 0 aromatic heterocycles. The van der Waals surface area contributed by atoms with Gasteiger partial charge in [-0.05, 0) is 31.0 Å². The Labute approximate surface area is 88.3 Å². The molecule has 0 aliphatic carbocycles. The maximum absolute atomic E-state index is 10.8. The second kappa shape index (κ2) is 3.81. The van der Waals surface area contributed by atoms with Gasteiger partial charge in [-0.3, -0.25) is 0 Å². The monoisotopic (exact) mass is 206 g/mol. The van der Waals surface area contributed by atoms with Gasteiger partial charge in [0.2, 0.25) is 0 Å². The number of nitrogens with zero attached hydrogens (tertiary/aromatic N) is 1. The van der Waals surface area contributed by atoms with Gasteiger partial charge in [0.1, 0.15) is 0 Å². The molecule has 0 amide bonds. The molecule has 15 heavy (non-hydrogen) atoms. The summed E-state index contributed by atoms with van der Waals surface area (Å²) in [4.78, 5) is 13.0. The second-order valence-electron chi connectivity index (χ2n) is 3.77. The highest BCUT2D eigenvalue weighted by Gasteiger charge is 2.14. The number of nitrogen functional groups attached to an aromatic ring is 1. The molecule has 3 N–H and O–H groups in total. The SMILES string of the molecule is Nc1cc(N2CCCC2)ccc1C(=O)O. The van der Waals surface area contributed by atoms with E-state index in [4.69, 9.17) is 10.8 Å². The molecule has 1 heterocycles. The average Bonchev–Trinajstić information content (AvgIpc) is 2.69. The largest absolute Gasteiger partial charge is 0.478 e. The molecule has 1 aliphatic rings. The third-order valence-electron chi connectivity index (χ3n) is 2.74. The topological polar surface area (TPSA) is 66.6 Å². The fourth-order valence-electron chi connectivity index (χ4n) is 1.92. The molecule has 0 saturated carbocycles. The summed E-state index contributed by atoms with van der Waals surface area (Å²) < 4.78 is 0. The number of aromatic carboxylic acids is 1. The van der Waals surface area contributed by atoms with E-state index in [2.05, 4.69) is 4.90 Å². The van der Waals surface area contributed by atoms with Crippen molar-refractivity contribution in [2.24, 2.45) is 0 Å². The third kappa shape index (κ3) is 1.88. The summed E-state index contributed by atoms with van der Waals surface area (Å²) in [7, 11) is 0. The highest BCUT2D eigenvalue weighted by Crippen LogP contribution is 2.24. The molecular formula is C11H14N2O2. The summed E-state index contributed by atoms with van der Waals surface area (Å²) in [6.07, 6.45) is 2.39. The highest BCUT2D eigenvalue weighted by atomic mass is 16.4. The minimum atomic E-state index is -0.972. The van der Waals surface area contributed by atoms with Gasteiger partial charge < -0.3 is 15.7 Å². The van der Waals surface area contributed by atoms with Gasteiger partial charge in [-0.2, -0.15) is 0 Å². The summed E-state index contributed by atoms with van der Waals surface area (Å²) in [5.41, 5.74) is 7.22. The van der Waals surface area contributed by atoms with Crippen LogP contribution in [-0.4, -0.2) is 24.2 Å². The van der Waals surface area contributed by atoms with E-state index in [1.54, 1.807) is 12.1 Å². The van der Waals surface area contributed by atoms with Crippen molar-refractivity contribution >= 4 is 17.3 Å². The number of carboxylic acids is 1. The van der Waals surface area contributed by atoms with Gasteiger partial charge in [0.05, 0.1) is 5.56 Å². The Morgan fingerprint density at radius 3 is 2.53 bits per heavy atom. The standard InChI is InChI=1S/C11H14N2O2/c12-10-7-8(13-5-1-2-6-13)3-4-9(10)11(14)15/h3-4,7H,1-2,5-6,12H2,(H,14,15). The second-order valence-corrected chi connectivity index (χ2v) is 3.77. The van der Waals surface area contributed by atoms with Crippen LogP contribution in [0.25, 0.3) is 0 Å². The molecule has 0 radical (unpaired) electrons. The normalized spacial score (nSPS) is 15.6. The first kappa shape index (κ1) is 9.83. The lowest BCUT2D eigenvalue weighted by atomic mass is 10.1. The predicted octanol–water partition coefficient (Wildman–Crippen LogP) is 1.57. The van der Waals surface area contributed by atoms with Gasteiger partial charge >= 0.3 is 5.97 Å². The van der Waals surface area contributed by atoms with Crippen LogP contribution in [0.4, 0.5) is 11.4 Å². The first-order valence-electron chi connectivity index (χ1n) is 5.06. The van der Waals surface area contributed by atoms with Gasteiger partial charge in [0, 0.05) is 24.5 Å². The molecule has 1 aromatic carbocycles. The summed E-state index contributed by atoms with van der Waals surface area (Å²) >= 11 is 0. The highest BCUT2D eigenvalue weighted by molar-refractivity contribution is 5.94. The van der Waals surface area contributed by atoms with Gasteiger partial charge in [0.15, 0.2) is 0 Å². The van der Waals surface area contributed by atoms with E-state index in [9.17, 15) is 4.79 Å². The quantitative estimate of drug-likeness (QED) is 0.721. The first-order valence-corrected chi connectivity index (χ1v) is 5.06. The van der Waals surface area contributed by atoms with Crippen LogP contribution in [0.2, 0.25) is 0 Å². The molecule has 1 saturated heterocycles. The Morgan fingerprint density at radius 2 is 2.00 bits per heavy atom. The number of rotatable bonds is 2. The molecule has 1 fully saturated rings. The predicted molar refractivity (Wildman–Crippen MR) is 59.3 cm³/mol. The van der Waals surface area contributed by atoms with E-state index in [1.807, 2.05) is 6.07 Å². The third-order valence-corrected chi connectivity index (χ3v) is 2.74. The summed E-state index contributed by atoms with van der Waals surface area (Å²) in [5.74, 6) is -0.972. The van der Waals surface area contributed by atoms with E-state index in [0.717, 1.165) is 18.8 Å². The number of hydrogen-bond donors (Lipinski definition) is 2. The Morgan fingerprint density at radius 1 is 1.33 bits per heavy atom. The number of hydrogen-bond acceptors (Lipinski definition) is 3. The molecule has 4 heteroatoms. The summed E-state index contributed by atoms with van der Waals surface area (Å²) in [5, 5.41) is 8.83.